The third kappa shape index (κ3) is 2.73. The van der Waals surface area contributed by atoms with E-state index in [4.69, 9.17) is 0 Å². The molecule has 0 spiro atoms. The molecular formula is C15H12FN3O3S. The summed E-state index contributed by atoms with van der Waals surface area (Å²) < 4.78 is 13.9. The lowest BCUT2D eigenvalue weighted by atomic mass is 10.0. The van der Waals surface area contributed by atoms with Crippen molar-refractivity contribution in [3.63, 3.8) is 0 Å². The summed E-state index contributed by atoms with van der Waals surface area (Å²) in [6, 6.07) is 4.00. The number of hydrogen-bond donors (Lipinski definition) is 3. The Balaban J connectivity index is 2.22. The van der Waals surface area contributed by atoms with Gasteiger partial charge in [-0.3, -0.25) is 14.9 Å². The minimum atomic E-state index is -1.15. The summed E-state index contributed by atoms with van der Waals surface area (Å²) in [4.78, 5) is 31.6. The number of aliphatic hydroxyl groups excluding tert-OH is 1. The summed E-state index contributed by atoms with van der Waals surface area (Å²) >= 11 is 1.19. The molecule has 0 aliphatic rings. The first-order valence-electron chi connectivity index (χ1n) is 6.72. The molecule has 0 bridgehead atoms. The van der Waals surface area contributed by atoms with Crippen LogP contribution in [0.25, 0.3) is 10.9 Å². The molecule has 8 heteroatoms. The maximum absolute atomic E-state index is 13.9. The average Bonchev–Trinajstić information content (AvgIpc) is 3.00. The highest BCUT2D eigenvalue weighted by molar-refractivity contribution is 7.13. The number of amides is 1. The molecule has 0 radical (unpaired) electrons. The van der Waals surface area contributed by atoms with E-state index in [0.717, 1.165) is 0 Å². The monoisotopic (exact) mass is 333 g/mol. The molecule has 1 unspecified atom stereocenters. The molecule has 3 N–H and O–H groups in total. The number of fused-ring (bicyclic) bond motifs is 1. The molecule has 2 aromatic heterocycles. The highest BCUT2D eigenvalue weighted by Gasteiger charge is 2.23. The van der Waals surface area contributed by atoms with Gasteiger partial charge in [-0.25, -0.2) is 9.37 Å². The third-order valence-corrected chi connectivity index (χ3v) is 4.00. The minimum absolute atomic E-state index is 0.0401. The van der Waals surface area contributed by atoms with Gasteiger partial charge >= 0.3 is 0 Å². The third-order valence-electron chi connectivity index (χ3n) is 3.31. The summed E-state index contributed by atoms with van der Waals surface area (Å²) in [6.07, 6.45) is 0.360. The zero-order chi connectivity index (χ0) is 16.6. The average molecular weight is 333 g/mol. The van der Waals surface area contributed by atoms with Crippen LogP contribution in [0.2, 0.25) is 0 Å². The molecule has 0 aliphatic heterocycles. The second-order valence-electron chi connectivity index (χ2n) is 4.87. The predicted octanol–water partition coefficient (Wildman–Crippen LogP) is 2.43. The van der Waals surface area contributed by atoms with Crippen LogP contribution >= 0.6 is 11.3 Å². The van der Waals surface area contributed by atoms with Crippen molar-refractivity contribution >= 4 is 33.3 Å². The number of nitrogens with one attached hydrogen (secondary N) is 2. The summed E-state index contributed by atoms with van der Waals surface area (Å²) in [6.45, 7) is 1.39. The maximum Gasteiger partial charge on any atom is 0.263 e. The zero-order valence-electron chi connectivity index (χ0n) is 12.0. The van der Waals surface area contributed by atoms with Gasteiger partial charge in [-0.2, -0.15) is 0 Å². The fraction of sp³-hybridized carbons (Fsp3) is 0.133. The van der Waals surface area contributed by atoms with E-state index in [2.05, 4.69) is 15.3 Å². The van der Waals surface area contributed by atoms with E-state index < -0.39 is 23.3 Å². The van der Waals surface area contributed by atoms with Crippen LogP contribution in [0.1, 0.15) is 29.1 Å². The van der Waals surface area contributed by atoms with Crippen LogP contribution in [0.15, 0.2) is 34.6 Å². The quantitative estimate of drug-likeness (QED) is 0.686. The van der Waals surface area contributed by atoms with Crippen molar-refractivity contribution in [2.24, 2.45) is 0 Å². The van der Waals surface area contributed by atoms with Gasteiger partial charge in [-0.05, 0) is 19.1 Å². The van der Waals surface area contributed by atoms with Crippen molar-refractivity contribution in [3.05, 3.63) is 57.1 Å². The normalized spacial score (nSPS) is 12.3. The Kier molecular flexibility index (Phi) is 3.93. The van der Waals surface area contributed by atoms with Crippen molar-refractivity contribution < 1.29 is 14.3 Å². The van der Waals surface area contributed by atoms with Gasteiger partial charge in [0.2, 0.25) is 5.43 Å². The minimum Gasteiger partial charge on any atom is -0.387 e. The van der Waals surface area contributed by atoms with E-state index >= 15 is 0 Å². The van der Waals surface area contributed by atoms with Gasteiger partial charge in [0, 0.05) is 17.0 Å². The van der Waals surface area contributed by atoms with Crippen LogP contribution in [0.4, 0.5) is 9.52 Å². The van der Waals surface area contributed by atoms with Crippen molar-refractivity contribution in [2.75, 3.05) is 5.32 Å². The number of H-pyrrole nitrogens is 1. The zero-order valence-corrected chi connectivity index (χ0v) is 12.8. The molecular weight excluding hydrogens is 321 g/mol. The predicted molar refractivity (Wildman–Crippen MR) is 85.2 cm³/mol. The van der Waals surface area contributed by atoms with Crippen LogP contribution in [-0.4, -0.2) is 21.0 Å². The second-order valence-corrected chi connectivity index (χ2v) is 5.77. The van der Waals surface area contributed by atoms with Crippen LogP contribution in [-0.2, 0) is 0 Å². The standard InChI is InChI=1S/C15H12FN3O3S/c1-7(20)11-10(14(22)19-15-17-5-6-23-15)13(21)8-3-2-4-9(16)12(8)18-11/h2-7,20H,1H3,(H,18,21)(H,17,19,22). The molecule has 3 rings (SSSR count). The summed E-state index contributed by atoms with van der Waals surface area (Å²) in [5, 5.41) is 14.4. The number of halogens is 1. The molecule has 6 nitrogen and oxygen atoms in total. The molecule has 0 fully saturated rings. The number of rotatable bonds is 3. The van der Waals surface area contributed by atoms with E-state index in [0.29, 0.717) is 5.13 Å². The lowest BCUT2D eigenvalue weighted by molar-refractivity contribution is 0.101. The van der Waals surface area contributed by atoms with E-state index in [1.807, 2.05) is 0 Å². The number of thiazole rings is 1. The lowest BCUT2D eigenvalue weighted by Gasteiger charge is -2.13. The van der Waals surface area contributed by atoms with Crippen LogP contribution in [0.3, 0.4) is 0 Å². The number of carbonyl (C=O) groups excluding carboxylic acids is 1. The Bertz CT molecular complexity index is 935. The lowest BCUT2D eigenvalue weighted by Crippen LogP contribution is -2.26. The van der Waals surface area contributed by atoms with E-state index in [1.54, 1.807) is 5.38 Å². The molecule has 0 saturated carbocycles. The van der Waals surface area contributed by atoms with Crippen molar-refractivity contribution in [3.8, 4) is 0 Å². The SMILES string of the molecule is CC(O)c1[nH]c2c(F)cccc2c(=O)c1C(=O)Nc1nccs1. The van der Waals surface area contributed by atoms with E-state index in [9.17, 15) is 19.1 Å². The van der Waals surface area contributed by atoms with Crippen LogP contribution in [0.5, 0.6) is 0 Å². The summed E-state index contributed by atoms with van der Waals surface area (Å²) in [5.74, 6) is -1.34. The van der Waals surface area contributed by atoms with Crippen molar-refractivity contribution in [1.29, 1.82) is 0 Å². The molecule has 1 atom stereocenters. The number of anilines is 1. The number of nitrogens with zero attached hydrogens (tertiary/aromatic N) is 1. The first-order valence-corrected chi connectivity index (χ1v) is 7.60. The summed E-state index contributed by atoms with van der Waals surface area (Å²) in [5.41, 5.74) is -0.989. The van der Waals surface area contributed by atoms with Gasteiger partial charge < -0.3 is 10.1 Å². The smallest absolute Gasteiger partial charge is 0.263 e. The topological polar surface area (TPSA) is 95.1 Å². The molecule has 0 saturated heterocycles. The first kappa shape index (κ1) is 15.3. The number of pyridine rings is 1. The number of para-hydroxylation sites is 1. The molecule has 0 aliphatic carbocycles. The van der Waals surface area contributed by atoms with E-state index in [-0.39, 0.29) is 22.2 Å². The van der Waals surface area contributed by atoms with Crippen LogP contribution < -0.4 is 10.7 Å². The fourth-order valence-corrected chi connectivity index (χ4v) is 2.80. The second kappa shape index (κ2) is 5.90. The highest BCUT2D eigenvalue weighted by atomic mass is 32.1. The number of hydrogen-bond acceptors (Lipinski definition) is 5. The molecule has 1 aromatic carbocycles. The molecule has 23 heavy (non-hydrogen) atoms. The van der Waals surface area contributed by atoms with Gasteiger partial charge in [-0.15, -0.1) is 11.3 Å². The number of benzene rings is 1. The highest BCUT2D eigenvalue weighted by Crippen LogP contribution is 2.21. The van der Waals surface area contributed by atoms with Gasteiger partial charge in [0.05, 0.1) is 17.3 Å². The van der Waals surface area contributed by atoms with Crippen LogP contribution in [0, 0.1) is 5.82 Å². The number of aromatic nitrogens is 2. The largest absolute Gasteiger partial charge is 0.387 e. The summed E-state index contributed by atoms with van der Waals surface area (Å²) in [7, 11) is 0. The van der Waals surface area contributed by atoms with Gasteiger partial charge in [0.1, 0.15) is 11.4 Å². The Hall–Kier alpha value is -2.58. The Morgan fingerprint density at radius 3 is 2.91 bits per heavy atom. The Labute approximate surface area is 133 Å². The number of carbonyl (C=O) groups is 1. The molecule has 3 aromatic rings. The molecule has 1 amide bonds. The van der Waals surface area contributed by atoms with Gasteiger partial charge in [-0.1, -0.05) is 6.07 Å². The van der Waals surface area contributed by atoms with E-state index in [1.165, 1.54) is 42.7 Å². The maximum atomic E-state index is 13.9. The van der Waals surface area contributed by atoms with Crippen molar-refractivity contribution in [2.45, 2.75) is 13.0 Å². The number of aliphatic hydroxyl groups is 1. The van der Waals surface area contributed by atoms with Crippen molar-refractivity contribution in [1.82, 2.24) is 9.97 Å². The number of aromatic amines is 1. The molecule has 118 valence electrons. The molecule has 2 heterocycles. The Morgan fingerprint density at radius 2 is 2.26 bits per heavy atom. The first-order chi connectivity index (χ1) is 11.0. The van der Waals surface area contributed by atoms with Gasteiger partial charge in [0.25, 0.3) is 5.91 Å². The fourth-order valence-electron chi connectivity index (χ4n) is 2.28. The Morgan fingerprint density at radius 1 is 1.48 bits per heavy atom. The van der Waals surface area contributed by atoms with Gasteiger partial charge in [0.15, 0.2) is 5.13 Å².